The number of carbonyl (C=O) groups is 1. The largest absolute Gasteiger partial charge is 0.463 e. The summed E-state index contributed by atoms with van der Waals surface area (Å²) in [6.45, 7) is 7.48. The van der Waals surface area contributed by atoms with E-state index in [1.165, 1.54) is 11.3 Å². The summed E-state index contributed by atoms with van der Waals surface area (Å²) in [4.78, 5) is 14.8. The van der Waals surface area contributed by atoms with Gasteiger partial charge in [-0.05, 0) is 12.8 Å². The van der Waals surface area contributed by atoms with Crippen molar-refractivity contribution in [2.45, 2.75) is 51.7 Å². The van der Waals surface area contributed by atoms with E-state index in [9.17, 15) is 4.79 Å². The summed E-state index contributed by atoms with van der Waals surface area (Å²) in [6, 6.07) is 0. The van der Waals surface area contributed by atoms with E-state index in [4.69, 9.17) is 9.84 Å². The van der Waals surface area contributed by atoms with Crippen molar-refractivity contribution in [1.82, 2.24) is 9.78 Å². The monoisotopic (exact) mass is 285 g/mol. The van der Waals surface area contributed by atoms with Crippen molar-refractivity contribution in [1.29, 1.82) is 0 Å². The molecule has 0 spiro atoms. The van der Waals surface area contributed by atoms with Gasteiger partial charge in [0.05, 0.1) is 12.6 Å². The van der Waals surface area contributed by atoms with Crippen LogP contribution in [0.3, 0.4) is 0 Å². The highest BCUT2D eigenvalue weighted by Crippen LogP contribution is 2.22. The molecule has 1 aliphatic rings. The fraction of sp³-hybridized carbons (Fsp3) is 0.750. The lowest BCUT2D eigenvalue weighted by molar-refractivity contribution is 0.0927. The molecule has 0 unspecified atom stereocenters. The summed E-state index contributed by atoms with van der Waals surface area (Å²) in [5.41, 5.74) is -0.116. The molecule has 7 heteroatoms. The van der Waals surface area contributed by atoms with Gasteiger partial charge < -0.3 is 9.84 Å². The summed E-state index contributed by atoms with van der Waals surface area (Å²) in [5, 5.41) is 14.2. The standard InChI is InChI=1S/C12H19N3O3S/c1-12(2,3)9-14-15(7-8-5-4-6-18-8)10(19-9)13-11(16)17/h8H,4-7H2,1-3H3,(H,16,17)/b13-10-/t8-/m1/s1. The van der Waals surface area contributed by atoms with Crippen LogP contribution in [0.15, 0.2) is 4.99 Å². The molecule has 1 aliphatic heterocycles. The Morgan fingerprint density at radius 2 is 2.37 bits per heavy atom. The molecule has 1 aromatic rings. The minimum absolute atomic E-state index is 0.114. The lowest BCUT2D eigenvalue weighted by Gasteiger charge is -2.13. The first kappa shape index (κ1) is 14.2. The first-order valence-corrected chi connectivity index (χ1v) is 7.15. The second-order valence-corrected chi connectivity index (χ2v) is 6.61. The summed E-state index contributed by atoms with van der Waals surface area (Å²) < 4.78 is 7.23. The van der Waals surface area contributed by atoms with E-state index in [-0.39, 0.29) is 11.5 Å². The first-order valence-electron chi connectivity index (χ1n) is 6.34. The molecule has 1 fully saturated rings. The fourth-order valence-electron chi connectivity index (χ4n) is 1.88. The van der Waals surface area contributed by atoms with E-state index >= 15 is 0 Å². The SMILES string of the molecule is CC(C)(C)c1nn(C[C@H]2CCCO2)/c(=N/C(=O)O)s1. The Bertz CT molecular complexity index is 521. The number of hydrogen-bond acceptors (Lipinski definition) is 4. The molecule has 1 aromatic heterocycles. The third-order valence-corrected chi connectivity index (χ3v) is 4.23. The molecule has 0 bridgehead atoms. The summed E-state index contributed by atoms with van der Waals surface area (Å²) >= 11 is 1.33. The number of ether oxygens (including phenoxy) is 1. The predicted molar refractivity (Wildman–Crippen MR) is 71.4 cm³/mol. The van der Waals surface area contributed by atoms with Gasteiger partial charge in [0.1, 0.15) is 5.01 Å². The molecule has 0 saturated carbocycles. The molecule has 1 amide bonds. The average Bonchev–Trinajstić information content (AvgIpc) is 2.88. The van der Waals surface area contributed by atoms with Crippen molar-refractivity contribution < 1.29 is 14.6 Å². The van der Waals surface area contributed by atoms with Crippen LogP contribution in [0.5, 0.6) is 0 Å². The second kappa shape index (κ2) is 5.42. The molecule has 106 valence electrons. The van der Waals surface area contributed by atoms with Crippen LogP contribution in [0.4, 0.5) is 4.79 Å². The molecular weight excluding hydrogens is 266 g/mol. The van der Waals surface area contributed by atoms with Crippen molar-refractivity contribution >= 4 is 17.4 Å². The van der Waals surface area contributed by atoms with Gasteiger partial charge in [-0.1, -0.05) is 32.1 Å². The van der Waals surface area contributed by atoms with Crippen molar-refractivity contribution in [2.24, 2.45) is 4.99 Å². The number of carboxylic acid groups (broad SMARTS) is 1. The molecule has 19 heavy (non-hydrogen) atoms. The first-order chi connectivity index (χ1) is 8.86. The third-order valence-electron chi connectivity index (χ3n) is 2.85. The Labute approximate surface area is 115 Å². The molecule has 1 N–H and O–H groups in total. The van der Waals surface area contributed by atoms with Crippen molar-refractivity contribution in [3.63, 3.8) is 0 Å². The van der Waals surface area contributed by atoms with E-state index in [2.05, 4.69) is 10.1 Å². The highest BCUT2D eigenvalue weighted by Gasteiger charge is 2.22. The fourth-order valence-corrected chi connectivity index (χ4v) is 2.84. The smallest absolute Gasteiger partial charge is 0.433 e. The Balaban J connectivity index is 2.33. The maximum atomic E-state index is 10.8. The lowest BCUT2D eigenvalue weighted by atomic mass is 9.98. The lowest BCUT2D eigenvalue weighted by Crippen LogP contribution is -2.25. The van der Waals surface area contributed by atoms with Crippen LogP contribution in [0, 0.1) is 0 Å². The van der Waals surface area contributed by atoms with E-state index in [0.717, 1.165) is 24.5 Å². The van der Waals surface area contributed by atoms with Gasteiger partial charge in [0, 0.05) is 12.0 Å². The van der Waals surface area contributed by atoms with Gasteiger partial charge in [-0.15, -0.1) is 4.99 Å². The zero-order chi connectivity index (χ0) is 14.0. The zero-order valence-corrected chi connectivity index (χ0v) is 12.2. The molecule has 0 radical (unpaired) electrons. The van der Waals surface area contributed by atoms with Gasteiger partial charge in [0.15, 0.2) is 0 Å². The quantitative estimate of drug-likeness (QED) is 0.901. The van der Waals surface area contributed by atoms with Crippen molar-refractivity contribution in [3.05, 3.63) is 9.81 Å². The van der Waals surface area contributed by atoms with Gasteiger partial charge in [-0.3, -0.25) is 0 Å². The maximum Gasteiger partial charge on any atom is 0.433 e. The molecule has 2 rings (SSSR count). The molecule has 0 aromatic carbocycles. The van der Waals surface area contributed by atoms with Crippen LogP contribution in [0.1, 0.15) is 38.6 Å². The van der Waals surface area contributed by atoms with E-state index < -0.39 is 6.09 Å². The van der Waals surface area contributed by atoms with Crippen LogP contribution in [0.2, 0.25) is 0 Å². The van der Waals surface area contributed by atoms with Crippen molar-refractivity contribution in [2.75, 3.05) is 6.61 Å². The van der Waals surface area contributed by atoms with Crippen LogP contribution in [-0.4, -0.2) is 33.7 Å². The number of amides is 1. The van der Waals surface area contributed by atoms with Crippen LogP contribution < -0.4 is 4.80 Å². The second-order valence-electron chi connectivity index (χ2n) is 5.65. The molecular formula is C12H19N3O3S. The Kier molecular flexibility index (Phi) is 4.05. The van der Waals surface area contributed by atoms with Crippen molar-refractivity contribution in [3.8, 4) is 0 Å². The maximum absolute atomic E-state index is 10.8. The summed E-state index contributed by atoms with van der Waals surface area (Å²) in [7, 11) is 0. The van der Waals surface area contributed by atoms with E-state index in [0.29, 0.717) is 11.3 Å². The van der Waals surface area contributed by atoms with Gasteiger partial charge >= 0.3 is 6.09 Å². The highest BCUT2D eigenvalue weighted by molar-refractivity contribution is 7.09. The van der Waals surface area contributed by atoms with Crippen LogP contribution in [-0.2, 0) is 16.7 Å². The van der Waals surface area contributed by atoms with Gasteiger partial charge in [0.2, 0.25) is 4.80 Å². The Morgan fingerprint density at radius 1 is 1.63 bits per heavy atom. The molecule has 0 aliphatic carbocycles. The van der Waals surface area contributed by atoms with Gasteiger partial charge in [-0.2, -0.15) is 5.10 Å². The summed E-state index contributed by atoms with van der Waals surface area (Å²) in [6.07, 6.45) is 0.960. The Morgan fingerprint density at radius 3 is 2.89 bits per heavy atom. The van der Waals surface area contributed by atoms with E-state index in [1.54, 1.807) is 4.68 Å². The number of nitrogens with zero attached hydrogens (tertiary/aromatic N) is 3. The highest BCUT2D eigenvalue weighted by atomic mass is 32.1. The van der Waals surface area contributed by atoms with Crippen LogP contribution in [0.25, 0.3) is 0 Å². The number of hydrogen-bond donors (Lipinski definition) is 1. The molecule has 6 nitrogen and oxygen atoms in total. The Hall–Kier alpha value is -1.21. The zero-order valence-electron chi connectivity index (χ0n) is 11.4. The summed E-state index contributed by atoms with van der Waals surface area (Å²) in [5.74, 6) is 0. The number of rotatable bonds is 2. The van der Waals surface area contributed by atoms with Crippen LogP contribution >= 0.6 is 11.3 Å². The molecule has 2 heterocycles. The van der Waals surface area contributed by atoms with Gasteiger partial charge in [0.25, 0.3) is 0 Å². The average molecular weight is 285 g/mol. The minimum atomic E-state index is -1.19. The third kappa shape index (κ3) is 3.63. The molecule has 1 atom stereocenters. The number of aromatic nitrogens is 2. The minimum Gasteiger partial charge on any atom is -0.463 e. The normalized spacial score (nSPS) is 21.0. The predicted octanol–water partition coefficient (Wildman–Crippen LogP) is 2.00. The molecule has 1 saturated heterocycles. The topological polar surface area (TPSA) is 76.7 Å². The van der Waals surface area contributed by atoms with E-state index in [1.807, 2.05) is 20.8 Å². The van der Waals surface area contributed by atoms with Gasteiger partial charge in [-0.25, -0.2) is 9.48 Å².